The molecule has 0 bridgehead atoms. The summed E-state index contributed by atoms with van der Waals surface area (Å²) in [6.07, 6.45) is 12.6. The second-order valence-corrected chi connectivity index (χ2v) is 5.84. The van der Waals surface area contributed by atoms with Gasteiger partial charge in [0.05, 0.1) is 5.82 Å². The number of hydrogen-bond donors (Lipinski definition) is 3. The lowest BCUT2D eigenvalue weighted by Crippen LogP contribution is -2.24. The predicted molar refractivity (Wildman–Crippen MR) is 98.9 cm³/mol. The summed E-state index contributed by atoms with van der Waals surface area (Å²) in [6, 6.07) is 0. The molecule has 0 aliphatic carbocycles. The third kappa shape index (κ3) is 11.0. The van der Waals surface area contributed by atoms with E-state index < -0.39 is 0 Å². The Morgan fingerprint density at radius 1 is 1.32 bits per heavy atom. The lowest BCUT2D eigenvalue weighted by Gasteiger charge is -2.19. The van der Waals surface area contributed by atoms with E-state index in [1.54, 1.807) is 0 Å². The third-order valence-corrected chi connectivity index (χ3v) is 3.68. The number of allylic oxidation sites excluding steroid dienone is 2. The van der Waals surface area contributed by atoms with Crippen LogP contribution in [0.25, 0.3) is 0 Å². The van der Waals surface area contributed by atoms with Gasteiger partial charge in [0.1, 0.15) is 0 Å². The summed E-state index contributed by atoms with van der Waals surface area (Å²) in [6.45, 7) is 17.4. The van der Waals surface area contributed by atoms with E-state index in [0.29, 0.717) is 17.7 Å². The maximum Gasteiger partial charge on any atom is 0.0885 e. The van der Waals surface area contributed by atoms with Crippen LogP contribution < -0.4 is 16.4 Å². The van der Waals surface area contributed by atoms with Crippen molar-refractivity contribution >= 4 is 0 Å². The van der Waals surface area contributed by atoms with Crippen LogP contribution in [0.1, 0.15) is 39.5 Å². The van der Waals surface area contributed by atoms with Gasteiger partial charge in [-0.15, -0.1) is 26.3 Å². The van der Waals surface area contributed by atoms with Crippen LogP contribution >= 0.6 is 0 Å². The maximum atomic E-state index is 5.51. The molecule has 3 nitrogen and oxygen atoms in total. The van der Waals surface area contributed by atoms with Gasteiger partial charge in [-0.2, -0.15) is 5.57 Å². The maximum absolute atomic E-state index is 5.51. The standard InChI is InChI=1S/C19H34N3/c1-6-10-18(7-2)14-21-15-19(8-3)12-9-11-16(4)13-22-17(5)20/h6-8,15-16,18,21-22H,1-2,5,9-14,20H2,3-4H3/q-1/b19-15+. The van der Waals surface area contributed by atoms with Gasteiger partial charge in [-0.3, -0.25) is 0 Å². The Balaban J connectivity index is 3.99. The third-order valence-electron chi connectivity index (χ3n) is 3.68. The van der Waals surface area contributed by atoms with Crippen LogP contribution in [0.5, 0.6) is 0 Å². The molecule has 0 radical (unpaired) electrons. The first-order chi connectivity index (χ1) is 10.5. The van der Waals surface area contributed by atoms with Gasteiger partial charge in [-0.05, 0) is 24.7 Å². The molecule has 0 aliphatic heterocycles. The highest BCUT2D eigenvalue weighted by Crippen LogP contribution is 2.14. The van der Waals surface area contributed by atoms with Crippen LogP contribution in [0.2, 0.25) is 0 Å². The topological polar surface area (TPSA) is 50.1 Å². The van der Waals surface area contributed by atoms with E-state index in [2.05, 4.69) is 56.8 Å². The van der Waals surface area contributed by atoms with E-state index in [1.807, 2.05) is 12.2 Å². The molecular formula is C19H34N3-. The van der Waals surface area contributed by atoms with Crippen molar-refractivity contribution in [3.8, 4) is 0 Å². The number of hydrogen-bond acceptors (Lipinski definition) is 3. The molecule has 0 fully saturated rings. The number of rotatable bonds is 14. The Kier molecular flexibility index (Phi) is 11.9. The summed E-state index contributed by atoms with van der Waals surface area (Å²) in [5.41, 5.74) is 6.86. The second-order valence-electron chi connectivity index (χ2n) is 5.84. The van der Waals surface area contributed by atoms with Gasteiger partial charge in [0, 0.05) is 13.1 Å². The summed E-state index contributed by atoms with van der Waals surface area (Å²) in [5.74, 6) is 1.60. The molecule has 0 aromatic carbocycles. The molecule has 0 aromatic heterocycles. The first-order valence-corrected chi connectivity index (χ1v) is 8.16. The zero-order chi connectivity index (χ0) is 16.8. The Labute approximate surface area is 137 Å². The Bertz CT molecular complexity index is 358. The molecule has 0 amide bonds. The number of nitrogens with two attached hydrogens (primary N) is 1. The molecule has 2 atom stereocenters. The summed E-state index contributed by atoms with van der Waals surface area (Å²) < 4.78 is 0. The van der Waals surface area contributed by atoms with Crippen LogP contribution in [-0.2, 0) is 0 Å². The molecule has 126 valence electrons. The van der Waals surface area contributed by atoms with E-state index in [0.717, 1.165) is 25.9 Å². The average Bonchev–Trinajstić information content (AvgIpc) is 2.50. The fourth-order valence-electron chi connectivity index (χ4n) is 2.18. The molecule has 2 unspecified atom stereocenters. The lowest BCUT2D eigenvalue weighted by atomic mass is 10.00. The minimum absolute atomic E-state index is 0.447. The predicted octanol–water partition coefficient (Wildman–Crippen LogP) is 3.89. The highest BCUT2D eigenvalue weighted by Gasteiger charge is 2.01. The van der Waals surface area contributed by atoms with Crippen molar-refractivity contribution in [1.82, 2.24) is 10.6 Å². The Morgan fingerprint density at radius 2 is 2.05 bits per heavy atom. The van der Waals surface area contributed by atoms with Gasteiger partial charge in [0.25, 0.3) is 0 Å². The van der Waals surface area contributed by atoms with Gasteiger partial charge < -0.3 is 16.4 Å². The number of nitrogens with one attached hydrogen (secondary N) is 2. The Morgan fingerprint density at radius 3 is 2.59 bits per heavy atom. The molecule has 0 saturated carbocycles. The average molecular weight is 305 g/mol. The molecule has 0 aliphatic rings. The van der Waals surface area contributed by atoms with E-state index in [-0.39, 0.29) is 0 Å². The zero-order valence-electron chi connectivity index (χ0n) is 14.4. The zero-order valence-corrected chi connectivity index (χ0v) is 14.4. The summed E-state index contributed by atoms with van der Waals surface area (Å²) >= 11 is 0. The molecular weight excluding hydrogens is 270 g/mol. The molecule has 0 aromatic rings. The van der Waals surface area contributed by atoms with Crippen molar-refractivity contribution in [1.29, 1.82) is 0 Å². The normalized spacial score (nSPS) is 13.8. The highest BCUT2D eigenvalue weighted by atomic mass is 15.0. The SMILES string of the molecule is C=CCC(C=C)CN/C=C(\[CH-]C)CCCC(C)CNC(=C)N. The van der Waals surface area contributed by atoms with Gasteiger partial charge in [-0.1, -0.05) is 38.5 Å². The quantitative estimate of drug-likeness (QED) is 0.337. The van der Waals surface area contributed by atoms with Crippen LogP contribution in [0, 0.1) is 18.3 Å². The van der Waals surface area contributed by atoms with Crippen LogP contribution in [0.15, 0.2) is 49.5 Å². The van der Waals surface area contributed by atoms with E-state index in [1.165, 1.54) is 18.4 Å². The highest BCUT2D eigenvalue weighted by molar-refractivity contribution is 5.10. The fourth-order valence-corrected chi connectivity index (χ4v) is 2.18. The Hall–Kier alpha value is -1.77. The minimum atomic E-state index is 0.447. The molecule has 4 N–H and O–H groups in total. The van der Waals surface area contributed by atoms with Gasteiger partial charge >= 0.3 is 0 Å². The molecule has 22 heavy (non-hydrogen) atoms. The summed E-state index contributed by atoms with van der Waals surface area (Å²) in [7, 11) is 0. The van der Waals surface area contributed by atoms with Gasteiger partial charge in [0.15, 0.2) is 0 Å². The van der Waals surface area contributed by atoms with Crippen molar-refractivity contribution in [3.05, 3.63) is 55.9 Å². The van der Waals surface area contributed by atoms with Crippen LogP contribution in [0.3, 0.4) is 0 Å². The van der Waals surface area contributed by atoms with Gasteiger partial charge in [0.2, 0.25) is 0 Å². The smallest absolute Gasteiger partial charge is 0.0885 e. The van der Waals surface area contributed by atoms with Crippen molar-refractivity contribution in [2.45, 2.75) is 39.5 Å². The van der Waals surface area contributed by atoms with E-state index in [4.69, 9.17) is 5.73 Å². The van der Waals surface area contributed by atoms with Crippen molar-refractivity contribution < 1.29 is 0 Å². The van der Waals surface area contributed by atoms with Gasteiger partial charge in [-0.25, -0.2) is 6.42 Å². The van der Waals surface area contributed by atoms with E-state index in [9.17, 15) is 0 Å². The lowest BCUT2D eigenvalue weighted by molar-refractivity contribution is 0.487. The van der Waals surface area contributed by atoms with Crippen molar-refractivity contribution in [3.63, 3.8) is 0 Å². The molecule has 3 heteroatoms. The van der Waals surface area contributed by atoms with Crippen LogP contribution in [0.4, 0.5) is 0 Å². The minimum Gasteiger partial charge on any atom is -0.467 e. The monoisotopic (exact) mass is 304 g/mol. The first kappa shape index (κ1) is 20.2. The largest absolute Gasteiger partial charge is 0.467 e. The first-order valence-electron chi connectivity index (χ1n) is 8.16. The second kappa shape index (κ2) is 12.9. The van der Waals surface area contributed by atoms with Crippen molar-refractivity contribution in [2.75, 3.05) is 13.1 Å². The van der Waals surface area contributed by atoms with Crippen LogP contribution in [-0.4, -0.2) is 13.1 Å². The fraction of sp³-hybridized carbons (Fsp3) is 0.526. The molecule has 0 saturated heterocycles. The summed E-state index contributed by atoms with van der Waals surface area (Å²) in [5, 5.41) is 6.49. The summed E-state index contributed by atoms with van der Waals surface area (Å²) in [4.78, 5) is 0. The molecule has 0 heterocycles. The van der Waals surface area contributed by atoms with E-state index >= 15 is 0 Å². The molecule has 0 spiro atoms. The molecule has 0 rings (SSSR count). The van der Waals surface area contributed by atoms with Crippen molar-refractivity contribution in [2.24, 2.45) is 17.6 Å².